The van der Waals surface area contributed by atoms with E-state index in [1.165, 1.54) is 5.56 Å². The first-order valence-corrected chi connectivity index (χ1v) is 9.75. The molecule has 4 heterocycles. The van der Waals surface area contributed by atoms with E-state index in [0.29, 0.717) is 32.9 Å². The largest absolute Gasteiger partial charge is 0.379 e. The van der Waals surface area contributed by atoms with Crippen LogP contribution in [0, 0.1) is 5.41 Å². The third-order valence-electron chi connectivity index (χ3n) is 6.21. The number of rotatable bonds is 2. The van der Waals surface area contributed by atoms with Crippen molar-refractivity contribution < 1.29 is 14.3 Å². The van der Waals surface area contributed by atoms with Crippen molar-refractivity contribution in [2.24, 2.45) is 5.41 Å². The summed E-state index contributed by atoms with van der Waals surface area (Å²) in [6, 6.07) is 10.2. The maximum atomic E-state index is 12.8. The van der Waals surface area contributed by atoms with E-state index in [0.717, 1.165) is 30.6 Å². The highest BCUT2D eigenvalue weighted by Crippen LogP contribution is 2.42. The van der Waals surface area contributed by atoms with Gasteiger partial charge in [-0.05, 0) is 43.9 Å². The maximum Gasteiger partial charge on any atom is 0.233 e. The fourth-order valence-corrected chi connectivity index (χ4v) is 4.48. The van der Waals surface area contributed by atoms with Crippen LogP contribution in [0.3, 0.4) is 0 Å². The number of hydrogen-bond acceptors (Lipinski definition) is 4. The number of nitrogens with zero attached hydrogens (tertiary/aromatic N) is 3. The summed E-state index contributed by atoms with van der Waals surface area (Å²) in [5.74, 6) is 0.217. The first-order chi connectivity index (χ1) is 13.1. The van der Waals surface area contributed by atoms with Gasteiger partial charge in [-0.2, -0.15) is 5.10 Å². The monoisotopic (exact) mass is 367 g/mol. The summed E-state index contributed by atoms with van der Waals surface area (Å²) in [7, 11) is 0. The van der Waals surface area contributed by atoms with Gasteiger partial charge in [0.05, 0.1) is 36.6 Å². The Morgan fingerprint density at radius 2 is 1.89 bits per heavy atom. The number of para-hydroxylation sites is 1. The third kappa shape index (κ3) is 2.70. The summed E-state index contributed by atoms with van der Waals surface area (Å²) >= 11 is 0. The van der Waals surface area contributed by atoms with Gasteiger partial charge in [-0.15, -0.1) is 0 Å². The Hall–Kier alpha value is -2.18. The number of carbonyl (C=O) groups is 1. The van der Waals surface area contributed by atoms with Crippen LogP contribution in [0.4, 0.5) is 0 Å². The zero-order valence-corrected chi connectivity index (χ0v) is 15.7. The van der Waals surface area contributed by atoms with Crippen molar-refractivity contribution in [3.05, 3.63) is 47.8 Å². The Balaban J connectivity index is 1.38. The van der Waals surface area contributed by atoms with Crippen LogP contribution in [-0.2, 0) is 26.3 Å². The first kappa shape index (κ1) is 17.0. The minimum absolute atomic E-state index is 0.217. The van der Waals surface area contributed by atoms with E-state index in [9.17, 15) is 4.79 Å². The summed E-state index contributed by atoms with van der Waals surface area (Å²) in [5, 5.41) is 4.91. The van der Waals surface area contributed by atoms with E-state index in [4.69, 9.17) is 14.6 Å². The first-order valence-electron chi connectivity index (χ1n) is 9.75. The van der Waals surface area contributed by atoms with E-state index >= 15 is 0 Å². The zero-order chi connectivity index (χ0) is 18.5. The molecule has 1 amide bonds. The average Bonchev–Trinajstić information content (AvgIpc) is 3.13. The lowest BCUT2D eigenvalue weighted by Crippen LogP contribution is -2.57. The number of likely N-dealkylation sites (tertiary alicyclic amines) is 1. The Kier molecular flexibility index (Phi) is 3.88. The molecular weight excluding hydrogens is 342 g/mol. The molecule has 0 saturated carbocycles. The molecule has 6 nitrogen and oxygen atoms in total. The molecule has 3 aliphatic rings. The highest BCUT2D eigenvalue weighted by atomic mass is 16.5. The van der Waals surface area contributed by atoms with Crippen LogP contribution in [0.1, 0.15) is 31.0 Å². The molecule has 0 bridgehead atoms. The second-order valence-corrected chi connectivity index (χ2v) is 8.22. The lowest BCUT2D eigenvalue weighted by atomic mass is 9.81. The van der Waals surface area contributed by atoms with Crippen LogP contribution in [0.25, 0.3) is 5.69 Å². The normalized spacial score (nSPS) is 22.9. The van der Waals surface area contributed by atoms with Crippen molar-refractivity contribution in [2.75, 3.05) is 32.9 Å². The van der Waals surface area contributed by atoms with Gasteiger partial charge >= 0.3 is 0 Å². The van der Waals surface area contributed by atoms with Crippen LogP contribution in [0.2, 0.25) is 0 Å². The quantitative estimate of drug-likeness (QED) is 0.817. The fourth-order valence-electron chi connectivity index (χ4n) is 4.48. The summed E-state index contributed by atoms with van der Waals surface area (Å²) in [6.45, 7) is 5.22. The molecule has 1 aromatic carbocycles. The Morgan fingerprint density at radius 3 is 2.56 bits per heavy atom. The lowest BCUT2D eigenvalue weighted by Gasteiger charge is -2.46. The Bertz CT molecular complexity index is 849. The van der Waals surface area contributed by atoms with Crippen LogP contribution in [-0.4, -0.2) is 53.5 Å². The van der Waals surface area contributed by atoms with Gasteiger partial charge in [0.1, 0.15) is 5.60 Å². The second-order valence-electron chi connectivity index (χ2n) is 8.22. The molecule has 0 N–H and O–H groups in total. The zero-order valence-electron chi connectivity index (χ0n) is 15.7. The highest BCUT2D eigenvalue weighted by Gasteiger charge is 2.48. The number of benzene rings is 1. The standard InChI is InChI=1S/C21H25N3O3/c1-20(14-26-15-20)19(25)23-10-8-21(9-11-23)18-16(7-12-27-21)13-24(22-18)17-5-3-2-4-6-17/h2-6,13H,7-12,14-15H2,1H3. The van der Waals surface area contributed by atoms with Gasteiger partial charge in [-0.25, -0.2) is 4.68 Å². The van der Waals surface area contributed by atoms with Crippen molar-refractivity contribution in [3.8, 4) is 5.69 Å². The minimum Gasteiger partial charge on any atom is -0.379 e. The number of carbonyl (C=O) groups excluding carboxylic acids is 1. The van der Waals surface area contributed by atoms with Crippen LogP contribution >= 0.6 is 0 Å². The summed E-state index contributed by atoms with van der Waals surface area (Å²) < 4.78 is 13.5. The molecule has 0 unspecified atom stereocenters. The van der Waals surface area contributed by atoms with Crippen molar-refractivity contribution in [3.63, 3.8) is 0 Å². The SMILES string of the molecule is CC1(C(=O)N2CCC3(CC2)OCCc2cn(-c4ccccc4)nc23)COC1. The van der Waals surface area contributed by atoms with Crippen LogP contribution in [0.15, 0.2) is 36.5 Å². The number of fused-ring (bicyclic) bond motifs is 2. The summed E-state index contributed by atoms with van der Waals surface area (Å²) in [6.07, 6.45) is 4.63. The number of aromatic nitrogens is 2. The predicted molar refractivity (Wildman–Crippen MR) is 99.6 cm³/mol. The van der Waals surface area contributed by atoms with Gasteiger partial charge in [0.15, 0.2) is 0 Å². The average molecular weight is 367 g/mol. The lowest BCUT2D eigenvalue weighted by molar-refractivity contribution is -0.174. The molecule has 0 radical (unpaired) electrons. The molecule has 5 rings (SSSR count). The maximum absolute atomic E-state index is 12.8. The molecule has 3 aliphatic heterocycles. The van der Waals surface area contributed by atoms with Gasteiger partial charge in [0, 0.05) is 19.3 Å². The topological polar surface area (TPSA) is 56.6 Å². The molecule has 6 heteroatoms. The predicted octanol–water partition coefficient (Wildman–Crippen LogP) is 2.30. The van der Waals surface area contributed by atoms with Crippen molar-refractivity contribution in [1.82, 2.24) is 14.7 Å². The molecule has 1 aromatic heterocycles. The van der Waals surface area contributed by atoms with E-state index in [1.54, 1.807) is 0 Å². The van der Waals surface area contributed by atoms with Gasteiger partial charge in [0.2, 0.25) is 5.91 Å². The van der Waals surface area contributed by atoms with Crippen LogP contribution < -0.4 is 0 Å². The van der Waals surface area contributed by atoms with E-state index < -0.39 is 0 Å². The molecule has 2 aromatic rings. The number of hydrogen-bond donors (Lipinski definition) is 0. The van der Waals surface area contributed by atoms with Gasteiger partial charge in [-0.1, -0.05) is 18.2 Å². The molecular formula is C21H25N3O3. The van der Waals surface area contributed by atoms with Crippen molar-refractivity contribution in [2.45, 2.75) is 31.8 Å². The molecule has 2 fully saturated rings. The Morgan fingerprint density at radius 1 is 1.15 bits per heavy atom. The smallest absolute Gasteiger partial charge is 0.233 e. The molecule has 27 heavy (non-hydrogen) atoms. The van der Waals surface area contributed by atoms with E-state index in [2.05, 4.69) is 18.3 Å². The van der Waals surface area contributed by atoms with Crippen molar-refractivity contribution in [1.29, 1.82) is 0 Å². The summed E-state index contributed by atoms with van der Waals surface area (Å²) in [4.78, 5) is 14.8. The molecule has 0 aliphatic carbocycles. The molecule has 2 saturated heterocycles. The third-order valence-corrected chi connectivity index (χ3v) is 6.21. The van der Waals surface area contributed by atoms with E-state index in [1.807, 2.05) is 34.7 Å². The highest BCUT2D eigenvalue weighted by molar-refractivity contribution is 5.83. The summed E-state index contributed by atoms with van der Waals surface area (Å²) in [5.41, 5.74) is 2.69. The van der Waals surface area contributed by atoms with Crippen LogP contribution in [0.5, 0.6) is 0 Å². The number of piperidine rings is 1. The number of ether oxygens (including phenoxy) is 2. The number of amides is 1. The molecule has 1 spiro atoms. The van der Waals surface area contributed by atoms with E-state index in [-0.39, 0.29) is 16.9 Å². The minimum atomic E-state index is -0.360. The van der Waals surface area contributed by atoms with Gasteiger partial charge in [-0.3, -0.25) is 4.79 Å². The van der Waals surface area contributed by atoms with Crippen molar-refractivity contribution >= 4 is 5.91 Å². The Labute approximate surface area is 159 Å². The molecule has 0 atom stereocenters. The molecule has 142 valence electrons. The van der Waals surface area contributed by atoms with Gasteiger partial charge in [0.25, 0.3) is 0 Å². The van der Waals surface area contributed by atoms with Gasteiger partial charge < -0.3 is 14.4 Å². The second kappa shape index (κ2) is 6.17. The fraction of sp³-hybridized carbons (Fsp3) is 0.524.